The van der Waals surface area contributed by atoms with Crippen molar-refractivity contribution in [3.8, 4) is 39.3 Å². The van der Waals surface area contributed by atoms with E-state index in [1.165, 1.54) is 81.8 Å². The summed E-state index contributed by atoms with van der Waals surface area (Å²) in [7, 11) is 0. The van der Waals surface area contributed by atoms with Gasteiger partial charge in [-0.3, -0.25) is 0 Å². The fraction of sp³-hybridized carbons (Fsp3) is 0. The highest BCUT2D eigenvalue weighted by Gasteiger charge is 2.25. The van der Waals surface area contributed by atoms with Crippen LogP contribution in [-0.2, 0) is 0 Å². The zero-order valence-corrected chi connectivity index (χ0v) is 31.3. The lowest BCUT2D eigenvalue weighted by Gasteiger charge is -2.13. The van der Waals surface area contributed by atoms with Gasteiger partial charge in [-0.1, -0.05) is 140 Å². The van der Waals surface area contributed by atoms with Crippen LogP contribution in [0.1, 0.15) is 0 Å². The van der Waals surface area contributed by atoms with E-state index in [1.54, 1.807) is 0 Å². The van der Waals surface area contributed by atoms with E-state index in [9.17, 15) is 0 Å². The second-order valence-electron chi connectivity index (χ2n) is 15.4. The molecule has 0 saturated carbocycles. The highest BCUT2D eigenvalue weighted by Crippen LogP contribution is 2.47. The maximum absolute atomic E-state index is 5.26. The maximum Gasteiger partial charge on any atom is 0.0973 e. The fourth-order valence-electron chi connectivity index (χ4n) is 9.58. The summed E-state index contributed by atoms with van der Waals surface area (Å²) in [5.74, 6) is 0. The first kappa shape index (κ1) is 31.4. The number of hydrogen-bond donors (Lipinski definition) is 0. The summed E-state index contributed by atoms with van der Waals surface area (Å²) >= 11 is 0. The molecule has 9 aromatic carbocycles. The van der Waals surface area contributed by atoms with E-state index in [4.69, 9.17) is 9.97 Å². The molecule has 4 heterocycles. The predicted molar refractivity (Wildman–Crippen MR) is 242 cm³/mol. The van der Waals surface area contributed by atoms with Crippen LogP contribution in [-0.4, -0.2) is 18.9 Å². The van der Waals surface area contributed by atoms with Gasteiger partial charge in [0.2, 0.25) is 0 Å². The van der Waals surface area contributed by atoms with E-state index in [-0.39, 0.29) is 0 Å². The van der Waals surface area contributed by atoms with Crippen molar-refractivity contribution in [2.45, 2.75) is 0 Å². The second-order valence-corrected chi connectivity index (χ2v) is 15.4. The average Bonchev–Trinajstić information content (AvgIpc) is 3.92. The van der Waals surface area contributed by atoms with Gasteiger partial charge in [0.05, 0.1) is 50.0 Å². The summed E-state index contributed by atoms with van der Waals surface area (Å²) in [5, 5.41) is 10.1. The first-order chi connectivity index (χ1) is 28.8. The minimum Gasteiger partial charge on any atom is -0.309 e. The molecule has 0 bridgehead atoms. The first-order valence-corrected chi connectivity index (χ1v) is 19.8. The number of hydrogen-bond acceptors (Lipinski definition) is 2. The Hall–Kier alpha value is -7.82. The van der Waals surface area contributed by atoms with Gasteiger partial charge in [0, 0.05) is 49.1 Å². The third-order valence-electron chi connectivity index (χ3n) is 12.2. The van der Waals surface area contributed by atoms with Crippen molar-refractivity contribution in [2.24, 2.45) is 0 Å². The Morgan fingerprint density at radius 3 is 1.55 bits per heavy atom. The van der Waals surface area contributed by atoms with Gasteiger partial charge in [-0.15, -0.1) is 0 Å². The van der Waals surface area contributed by atoms with Gasteiger partial charge in [0.1, 0.15) is 0 Å². The molecular weight excluding hydrogens is 705 g/mol. The largest absolute Gasteiger partial charge is 0.309 e. The normalized spacial score (nSPS) is 12.1. The van der Waals surface area contributed by atoms with Crippen molar-refractivity contribution in [3.05, 3.63) is 194 Å². The summed E-state index contributed by atoms with van der Waals surface area (Å²) in [5.41, 5.74) is 15.2. The van der Waals surface area contributed by atoms with Gasteiger partial charge in [-0.2, -0.15) is 0 Å². The number of para-hydroxylation sites is 4. The smallest absolute Gasteiger partial charge is 0.0973 e. The van der Waals surface area contributed by atoms with E-state index in [1.807, 2.05) is 24.3 Å². The molecule has 0 aliphatic carbocycles. The van der Waals surface area contributed by atoms with E-state index in [2.05, 4.69) is 179 Å². The number of benzene rings is 9. The first-order valence-electron chi connectivity index (χ1n) is 19.8. The van der Waals surface area contributed by atoms with Crippen molar-refractivity contribution in [2.75, 3.05) is 0 Å². The van der Waals surface area contributed by atoms with Gasteiger partial charge >= 0.3 is 0 Å². The molecule has 13 aromatic rings. The third-order valence-corrected chi connectivity index (χ3v) is 12.2. The molecule has 4 nitrogen and oxygen atoms in total. The van der Waals surface area contributed by atoms with Crippen LogP contribution in [0.5, 0.6) is 0 Å². The lowest BCUT2D eigenvalue weighted by molar-refractivity contribution is 1.19. The van der Waals surface area contributed by atoms with Crippen LogP contribution in [0, 0.1) is 0 Å². The highest BCUT2D eigenvalue weighted by atomic mass is 15.0. The minimum absolute atomic E-state index is 0.866. The van der Waals surface area contributed by atoms with Crippen molar-refractivity contribution in [1.29, 1.82) is 0 Å². The molecule has 0 spiro atoms. The van der Waals surface area contributed by atoms with Crippen molar-refractivity contribution >= 4 is 81.7 Å². The van der Waals surface area contributed by atoms with E-state index in [0.717, 1.165) is 39.2 Å². The molecule has 13 rings (SSSR count). The summed E-state index contributed by atoms with van der Waals surface area (Å²) in [4.78, 5) is 10.5. The van der Waals surface area contributed by atoms with Crippen LogP contribution in [0.15, 0.2) is 194 Å². The molecule has 0 atom stereocenters. The van der Waals surface area contributed by atoms with Crippen molar-refractivity contribution in [3.63, 3.8) is 0 Å². The van der Waals surface area contributed by atoms with E-state index >= 15 is 0 Å². The predicted octanol–water partition coefficient (Wildman–Crippen LogP) is 14.0. The summed E-state index contributed by atoms with van der Waals surface area (Å²) in [6.07, 6.45) is 0. The Labute approximate surface area is 332 Å². The van der Waals surface area contributed by atoms with Crippen LogP contribution >= 0.6 is 0 Å². The Bertz CT molecular complexity index is 3760. The van der Waals surface area contributed by atoms with Gasteiger partial charge < -0.3 is 8.97 Å². The molecule has 0 N–H and O–H groups in total. The molecule has 0 fully saturated rings. The van der Waals surface area contributed by atoms with E-state index < -0.39 is 0 Å². The maximum atomic E-state index is 5.26. The fourth-order valence-corrected chi connectivity index (χ4v) is 9.58. The topological polar surface area (TPSA) is 35.1 Å². The van der Waals surface area contributed by atoms with Crippen LogP contribution in [0.3, 0.4) is 0 Å². The zero-order chi connectivity index (χ0) is 37.9. The van der Waals surface area contributed by atoms with Gasteiger partial charge in [-0.05, 0) is 76.5 Å². The Morgan fingerprint density at radius 1 is 0.328 bits per heavy atom. The molecule has 0 aliphatic heterocycles. The van der Waals surface area contributed by atoms with Crippen LogP contribution in [0.4, 0.5) is 0 Å². The molecule has 0 unspecified atom stereocenters. The zero-order valence-electron chi connectivity index (χ0n) is 31.3. The molecule has 0 aliphatic rings. The SMILES string of the molecule is c1ccc(-c2ccc(-c3nc4ccccc4nc3-c3ccc(-n4c5ccccc5c5cc6c7ccccc7n7c8cc9ccccc9cc8c(c54)c67)cc3)cc2)cc1. The number of rotatable bonds is 4. The standard InChI is InChI=1S/C54H32N4/c1-2-12-33(13-3-1)34-22-24-35(25-23-34)51-52(56-46-19-9-8-18-45(46)55-51)36-26-28-39(29-27-36)57-47-20-10-6-16-40(47)42-32-43-41-17-7-11-21-48(41)58-49-31-38-15-5-4-14-37(38)30-44(49)50(53(42)57)54(43)58/h1-32H. The lowest BCUT2D eigenvalue weighted by Crippen LogP contribution is -1.97. The molecule has 4 aromatic heterocycles. The molecule has 0 amide bonds. The van der Waals surface area contributed by atoms with Crippen molar-refractivity contribution in [1.82, 2.24) is 18.9 Å². The van der Waals surface area contributed by atoms with Gasteiger partial charge in [0.25, 0.3) is 0 Å². The summed E-state index contributed by atoms with van der Waals surface area (Å²) in [6.45, 7) is 0. The van der Waals surface area contributed by atoms with E-state index in [0.29, 0.717) is 0 Å². The molecular formula is C54H32N4. The summed E-state index contributed by atoms with van der Waals surface area (Å²) < 4.78 is 4.98. The molecule has 58 heavy (non-hydrogen) atoms. The number of fused-ring (bicyclic) bond motifs is 12. The number of aromatic nitrogens is 4. The molecule has 0 saturated heterocycles. The molecule has 268 valence electrons. The van der Waals surface area contributed by atoms with Crippen molar-refractivity contribution < 1.29 is 0 Å². The Kier molecular flexibility index (Phi) is 6.41. The molecule has 4 heteroatoms. The van der Waals surface area contributed by atoms with Gasteiger partial charge in [0.15, 0.2) is 0 Å². The number of nitrogens with zero attached hydrogens (tertiary/aromatic N) is 4. The summed E-state index contributed by atoms with van der Waals surface area (Å²) in [6, 6.07) is 69.9. The Balaban J connectivity index is 1.05. The third kappa shape index (κ3) is 4.40. The Morgan fingerprint density at radius 2 is 0.845 bits per heavy atom. The average molecular weight is 737 g/mol. The highest BCUT2D eigenvalue weighted by molar-refractivity contribution is 6.34. The second kappa shape index (κ2) is 11.8. The van der Waals surface area contributed by atoms with Crippen LogP contribution in [0.25, 0.3) is 121 Å². The van der Waals surface area contributed by atoms with Gasteiger partial charge in [-0.25, -0.2) is 9.97 Å². The minimum atomic E-state index is 0.866. The van der Waals surface area contributed by atoms with Crippen LogP contribution < -0.4 is 0 Å². The molecule has 0 radical (unpaired) electrons. The lowest BCUT2D eigenvalue weighted by atomic mass is 9.99. The van der Waals surface area contributed by atoms with Crippen LogP contribution in [0.2, 0.25) is 0 Å². The quantitative estimate of drug-likeness (QED) is 0.180. The monoisotopic (exact) mass is 736 g/mol.